The molecule has 9 aromatic rings. The third-order valence-corrected chi connectivity index (χ3v) is 9.25. The molecule has 2 nitrogen and oxygen atoms in total. The van der Waals surface area contributed by atoms with E-state index in [1.807, 2.05) is 0 Å². The molecule has 0 aliphatic heterocycles. The molecule has 1 aromatic heterocycles. The fraction of sp³-hybridized carbons (Fsp3) is 0. The predicted octanol–water partition coefficient (Wildman–Crippen LogP) is 13.2. The second kappa shape index (κ2) is 11.8. The van der Waals surface area contributed by atoms with E-state index in [2.05, 4.69) is 193 Å². The van der Waals surface area contributed by atoms with Crippen molar-refractivity contribution in [1.82, 2.24) is 0 Å². The Morgan fingerprint density at radius 3 is 1.52 bits per heavy atom. The zero-order chi connectivity index (χ0) is 31.9. The van der Waals surface area contributed by atoms with E-state index >= 15 is 0 Å². The SMILES string of the molecule is c1ccc(-c2ccc(-c3c4ccccc4cc4c3oc3cc(-c5ccc(N(c6ccccc6)c6ccccc6)cc5)ccc34)cc2)cc1. The Kier molecular flexibility index (Phi) is 6.84. The minimum Gasteiger partial charge on any atom is -0.455 e. The second-order valence-electron chi connectivity index (χ2n) is 12.2. The lowest BCUT2D eigenvalue weighted by atomic mass is 9.93. The Morgan fingerprint density at radius 1 is 0.333 bits per heavy atom. The van der Waals surface area contributed by atoms with Gasteiger partial charge in [-0.15, -0.1) is 0 Å². The van der Waals surface area contributed by atoms with Crippen LogP contribution in [0, 0.1) is 0 Å². The topological polar surface area (TPSA) is 16.4 Å². The van der Waals surface area contributed by atoms with Crippen LogP contribution in [0.4, 0.5) is 17.1 Å². The molecule has 0 radical (unpaired) electrons. The first-order chi connectivity index (χ1) is 23.8. The largest absolute Gasteiger partial charge is 0.455 e. The van der Waals surface area contributed by atoms with Crippen LogP contribution in [0.5, 0.6) is 0 Å². The summed E-state index contributed by atoms with van der Waals surface area (Å²) in [5.41, 5.74) is 12.1. The second-order valence-corrected chi connectivity index (χ2v) is 12.2. The van der Waals surface area contributed by atoms with Gasteiger partial charge >= 0.3 is 0 Å². The van der Waals surface area contributed by atoms with Crippen LogP contribution in [0.15, 0.2) is 192 Å². The van der Waals surface area contributed by atoms with E-state index in [9.17, 15) is 0 Å². The summed E-state index contributed by atoms with van der Waals surface area (Å²) < 4.78 is 6.79. The molecule has 0 bridgehead atoms. The van der Waals surface area contributed by atoms with Gasteiger partial charge in [0.1, 0.15) is 11.2 Å². The lowest BCUT2D eigenvalue weighted by Crippen LogP contribution is -2.09. The molecule has 0 saturated carbocycles. The molecule has 0 N–H and O–H groups in total. The van der Waals surface area contributed by atoms with Crippen LogP contribution in [0.2, 0.25) is 0 Å². The first-order valence-corrected chi connectivity index (χ1v) is 16.3. The summed E-state index contributed by atoms with van der Waals surface area (Å²) >= 11 is 0. The number of anilines is 3. The zero-order valence-electron chi connectivity index (χ0n) is 26.3. The maximum Gasteiger partial charge on any atom is 0.143 e. The van der Waals surface area contributed by atoms with Crippen molar-refractivity contribution in [2.75, 3.05) is 4.90 Å². The molecule has 0 spiro atoms. The number of hydrogen-bond acceptors (Lipinski definition) is 2. The summed E-state index contributed by atoms with van der Waals surface area (Å²) in [6.45, 7) is 0. The molecule has 0 atom stereocenters. The smallest absolute Gasteiger partial charge is 0.143 e. The van der Waals surface area contributed by atoms with Crippen LogP contribution in [-0.4, -0.2) is 0 Å². The molecule has 48 heavy (non-hydrogen) atoms. The summed E-state index contributed by atoms with van der Waals surface area (Å²) in [4.78, 5) is 2.28. The van der Waals surface area contributed by atoms with E-state index in [1.54, 1.807) is 0 Å². The van der Waals surface area contributed by atoms with E-state index in [0.717, 1.165) is 61.3 Å². The fourth-order valence-electron chi connectivity index (χ4n) is 6.90. The van der Waals surface area contributed by atoms with E-state index in [0.29, 0.717) is 0 Å². The minimum absolute atomic E-state index is 0.888. The average molecular weight is 614 g/mol. The molecule has 1 heterocycles. The maximum atomic E-state index is 6.79. The van der Waals surface area contributed by atoms with Gasteiger partial charge in [-0.25, -0.2) is 0 Å². The highest BCUT2D eigenvalue weighted by molar-refractivity contribution is 6.18. The van der Waals surface area contributed by atoms with Gasteiger partial charge in [0.25, 0.3) is 0 Å². The Hall–Kier alpha value is -6.38. The third kappa shape index (κ3) is 4.92. The van der Waals surface area contributed by atoms with Gasteiger partial charge in [0.15, 0.2) is 0 Å². The Labute approximate surface area is 279 Å². The van der Waals surface area contributed by atoms with Crippen molar-refractivity contribution >= 4 is 49.8 Å². The normalized spacial score (nSPS) is 11.3. The lowest BCUT2D eigenvalue weighted by Gasteiger charge is -2.25. The highest BCUT2D eigenvalue weighted by Crippen LogP contribution is 2.43. The summed E-state index contributed by atoms with van der Waals surface area (Å²) in [6, 6.07) is 66.7. The van der Waals surface area contributed by atoms with Gasteiger partial charge in [0.2, 0.25) is 0 Å². The highest BCUT2D eigenvalue weighted by atomic mass is 16.3. The predicted molar refractivity (Wildman–Crippen MR) is 202 cm³/mol. The van der Waals surface area contributed by atoms with Gasteiger partial charge in [-0.3, -0.25) is 0 Å². The van der Waals surface area contributed by atoms with Gasteiger partial charge in [-0.1, -0.05) is 133 Å². The van der Waals surface area contributed by atoms with Gasteiger partial charge in [-0.2, -0.15) is 0 Å². The zero-order valence-corrected chi connectivity index (χ0v) is 26.3. The van der Waals surface area contributed by atoms with Crippen molar-refractivity contribution in [3.63, 3.8) is 0 Å². The number of hydrogen-bond donors (Lipinski definition) is 0. The highest BCUT2D eigenvalue weighted by Gasteiger charge is 2.18. The molecule has 226 valence electrons. The number of rotatable bonds is 6. The van der Waals surface area contributed by atoms with Crippen molar-refractivity contribution in [3.05, 3.63) is 188 Å². The average Bonchev–Trinajstić information content (AvgIpc) is 3.53. The van der Waals surface area contributed by atoms with Crippen LogP contribution in [0.1, 0.15) is 0 Å². The number of nitrogens with zero attached hydrogens (tertiary/aromatic N) is 1. The van der Waals surface area contributed by atoms with Crippen LogP contribution >= 0.6 is 0 Å². The molecule has 0 aliphatic carbocycles. The van der Waals surface area contributed by atoms with E-state index < -0.39 is 0 Å². The van der Waals surface area contributed by atoms with Crippen molar-refractivity contribution in [1.29, 1.82) is 0 Å². The summed E-state index contributed by atoms with van der Waals surface area (Å²) in [5, 5.41) is 4.65. The van der Waals surface area contributed by atoms with Crippen LogP contribution in [0.25, 0.3) is 66.1 Å². The molecule has 8 aromatic carbocycles. The van der Waals surface area contributed by atoms with Crippen LogP contribution in [0.3, 0.4) is 0 Å². The van der Waals surface area contributed by atoms with Gasteiger partial charge in [0.05, 0.1) is 0 Å². The summed E-state index contributed by atoms with van der Waals surface area (Å²) in [5.74, 6) is 0. The van der Waals surface area contributed by atoms with Crippen molar-refractivity contribution in [2.45, 2.75) is 0 Å². The molecule has 0 unspecified atom stereocenters. The van der Waals surface area contributed by atoms with Crippen molar-refractivity contribution in [2.24, 2.45) is 0 Å². The number of fused-ring (bicyclic) bond motifs is 4. The number of para-hydroxylation sites is 2. The van der Waals surface area contributed by atoms with E-state index in [-0.39, 0.29) is 0 Å². The Morgan fingerprint density at radius 2 is 0.833 bits per heavy atom. The van der Waals surface area contributed by atoms with Gasteiger partial charge in [0, 0.05) is 33.4 Å². The quantitative estimate of drug-likeness (QED) is 0.185. The fourth-order valence-corrected chi connectivity index (χ4v) is 6.90. The molecule has 2 heteroatoms. The van der Waals surface area contributed by atoms with Crippen molar-refractivity contribution < 1.29 is 4.42 Å². The Balaban J connectivity index is 1.13. The molecule has 0 aliphatic rings. The number of benzene rings is 8. The van der Waals surface area contributed by atoms with E-state index in [1.165, 1.54) is 21.9 Å². The van der Waals surface area contributed by atoms with Crippen molar-refractivity contribution in [3.8, 4) is 33.4 Å². The first kappa shape index (κ1) is 27.9. The molecular formula is C46H31NO. The van der Waals surface area contributed by atoms with Crippen LogP contribution in [-0.2, 0) is 0 Å². The third-order valence-electron chi connectivity index (χ3n) is 9.25. The summed E-state index contributed by atoms with van der Waals surface area (Å²) in [7, 11) is 0. The maximum absolute atomic E-state index is 6.79. The lowest BCUT2D eigenvalue weighted by molar-refractivity contribution is 0.670. The van der Waals surface area contributed by atoms with Gasteiger partial charge in [-0.05, 0) is 93.2 Å². The summed E-state index contributed by atoms with van der Waals surface area (Å²) in [6.07, 6.45) is 0. The molecule has 0 amide bonds. The molecular weight excluding hydrogens is 583 g/mol. The molecule has 9 rings (SSSR count). The minimum atomic E-state index is 0.888. The van der Waals surface area contributed by atoms with Crippen LogP contribution < -0.4 is 4.90 Å². The van der Waals surface area contributed by atoms with Gasteiger partial charge < -0.3 is 9.32 Å². The van der Waals surface area contributed by atoms with E-state index in [4.69, 9.17) is 4.42 Å². The first-order valence-electron chi connectivity index (χ1n) is 16.3. The number of furan rings is 1. The molecule has 0 saturated heterocycles. The standard InChI is InChI=1S/C46H31NO/c1-4-12-32(13-5-1)33-20-22-35(23-21-33)45-41-19-11-10-14-37(41)30-43-42-29-26-36(31-44(42)48-46(43)45)34-24-27-40(28-25-34)47(38-15-6-2-7-16-38)39-17-8-3-9-18-39/h1-31H. The Bertz CT molecular complexity index is 2480. The molecule has 0 fully saturated rings. The monoisotopic (exact) mass is 613 g/mol.